The minimum atomic E-state index is -4.64. The molecule has 0 spiro atoms. The van der Waals surface area contributed by atoms with E-state index in [1.165, 1.54) is 70.6 Å². The van der Waals surface area contributed by atoms with Crippen LogP contribution in [0.25, 0.3) is 0 Å². The molecule has 0 aliphatic rings. The molecular weight excluding hydrogens is 368 g/mol. The van der Waals surface area contributed by atoms with Crippen molar-refractivity contribution in [1.82, 2.24) is 0 Å². The maximum absolute atomic E-state index is 11.0. The van der Waals surface area contributed by atoms with Crippen molar-refractivity contribution < 1.29 is 24.8 Å². The molecule has 0 fully saturated rings. The Labute approximate surface area is 187 Å². The molecule has 0 atom stereocenters. The van der Waals surface area contributed by atoms with E-state index in [0.717, 1.165) is 19.3 Å². The van der Waals surface area contributed by atoms with Gasteiger partial charge in [0.15, 0.2) is 0 Å². The van der Waals surface area contributed by atoms with Gasteiger partial charge in [0.05, 0.1) is 0 Å². The zero-order valence-electron chi connectivity index (χ0n) is 18.0. The van der Waals surface area contributed by atoms with Gasteiger partial charge in [-0.1, -0.05) is 96.8 Å². The van der Waals surface area contributed by atoms with Crippen LogP contribution in [0.15, 0.2) is 0 Å². The Morgan fingerprint density at radius 1 is 0.760 bits per heavy atom. The summed E-state index contributed by atoms with van der Waals surface area (Å²) in [6, 6.07) is 0. The maximum Gasteiger partial charge on any atom is 2.00 e. The average Bonchev–Trinajstić information content (AvgIpc) is 2.49. The summed E-state index contributed by atoms with van der Waals surface area (Å²) in [5, 5.41) is 0. The molecule has 0 aromatic carbocycles. The molecule has 0 heterocycles. The fourth-order valence-electron chi connectivity index (χ4n) is 2.80. The van der Waals surface area contributed by atoms with E-state index in [2.05, 4.69) is 11.1 Å². The smallest absolute Gasteiger partial charge is 1.00 e. The molecule has 0 amide bonds. The average molecular weight is 407 g/mol. The molecule has 0 rings (SSSR count). The van der Waals surface area contributed by atoms with Gasteiger partial charge < -0.3 is 7.04 Å². The van der Waals surface area contributed by atoms with Crippen LogP contribution in [0.1, 0.15) is 113 Å². The Balaban J connectivity index is -0.000000882. The van der Waals surface area contributed by atoms with Crippen molar-refractivity contribution in [3.63, 3.8) is 0 Å². The van der Waals surface area contributed by atoms with Gasteiger partial charge in [-0.15, -0.1) is 0 Å². The van der Waals surface area contributed by atoms with E-state index >= 15 is 0 Å². The molecule has 148 valence electrons. The van der Waals surface area contributed by atoms with Crippen LogP contribution in [-0.4, -0.2) is 56.7 Å². The van der Waals surface area contributed by atoms with E-state index in [1.54, 1.807) is 0 Å². The van der Waals surface area contributed by atoms with Crippen molar-refractivity contribution in [3.05, 3.63) is 0 Å². The topological polar surface area (TPSA) is 80.7 Å². The molecule has 5 nitrogen and oxygen atoms in total. The summed E-state index contributed by atoms with van der Waals surface area (Å²) in [5.41, 5.74) is 0. The fraction of sp³-hybridized carbons (Fsp3) is 0.944. The Hall–Kier alpha value is 0.640. The van der Waals surface area contributed by atoms with Crippen LogP contribution < -0.4 is 0 Å². The molecule has 0 aromatic heterocycles. The van der Waals surface area contributed by atoms with Crippen molar-refractivity contribution >= 4 is 54.1 Å². The van der Waals surface area contributed by atoms with Crippen molar-refractivity contribution in [2.24, 2.45) is 0 Å². The van der Waals surface area contributed by atoms with Crippen LogP contribution in [0.4, 0.5) is 0 Å². The quantitative estimate of drug-likeness (QED) is 0.198. The Bertz CT molecular complexity index is 409. The van der Waals surface area contributed by atoms with E-state index in [4.69, 9.17) is 4.55 Å². The van der Waals surface area contributed by atoms with Crippen LogP contribution in [0.5, 0.6) is 0 Å². The van der Waals surface area contributed by atoms with E-state index in [-0.39, 0.29) is 47.0 Å². The second kappa shape index (κ2) is 19.4. The first-order valence-electron chi connectivity index (χ1n) is 9.65. The summed E-state index contributed by atoms with van der Waals surface area (Å²) in [7, 11) is -4.64. The third kappa shape index (κ3) is 24.6. The van der Waals surface area contributed by atoms with E-state index in [9.17, 15) is 13.2 Å². The van der Waals surface area contributed by atoms with Crippen molar-refractivity contribution in [3.8, 4) is 0 Å². The van der Waals surface area contributed by atoms with Crippen LogP contribution in [0, 0.1) is 0 Å². The van der Waals surface area contributed by atoms with Gasteiger partial charge in [0.25, 0.3) is 0 Å². The molecule has 0 radical (unpaired) electrons. The molecule has 0 aliphatic carbocycles. The molecule has 1 N–H and O–H groups in total. The van der Waals surface area contributed by atoms with Crippen LogP contribution >= 0.6 is 0 Å². The molecule has 0 saturated carbocycles. The van der Waals surface area contributed by atoms with Crippen LogP contribution in [0.3, 0.4) is 0 Å². The number of carbonyl (C=O) groups excluding carboxylic acids is 1. The standard InChI is InChI=1S/C18H36O5S.Ca.2H/c1-2-3-4-5-6-7-8-9-10-11-12-13-14-15-16-17-18(19)23-24(20,21)22;;;/h2-17H2,1H3,(H,20,21,22);;;/q;+2;2*-1. The van der Waals surface area contributed by atoms with Crippen molar-refractivity contribution in [2.75, 3.05) is 0 Å². The second-order valence-corrected chi connectivity index (χ2v) is 7.60. The molecule has 0 bridgehead atoms. The van der Waals surface area contributed by atoms with E-state index in [1.807, 2.05) is 0 Å². The minimum Gasteiger partial charge on any atom is -1.00 e. The van der Waals surface area contributed by atoms with E-state index < -0.39 is 16.4 Å². The number of carbonyl (C=O) groups is 1. The Morgan fingerprint density at radius 2 is 1.08 bits per heavy atom. The first-order valence-corrected chi connectivity index (χ1v) is 11.0. The van der Waals surface area contributed by atoms with Crippen molar-refractivity contribution in [1.29, 1.82) is 0 Å². The Morgan fingerprint density at radius 3 is 1.40 bits per heavy atom. The zero-order chi connectivity index (χ0) is 18.1. The third-order valence-electron chi connectivity index (χ3n) is 4.18. The number of hydrogen-bond acceptors (Lipinski definition) is 4. The van der Waals surface area contributed by atoms with Crippen LogP contribution in [-0.2, 0) is 19.4 Å². The van der Waals surface area contributed by atoms with Gasteiger partial charge in [-0.05, 0) is 6.42 Å². The van der Waals surface area contributed by atoms with Gasteiger partial charge in [0.2, 0.25) is 0 Å². The molecule has 25 heavy (non-hydrogen) atoms. The summed E-state index contributed by atoms with van der Waals surface area (Å²) < 4.78 is 32.8. The second-order valence-electron chi connectivity index (χ2n) is 6.58. The molecule has 0 aromatic rings. The first-order chi connectivity index (χ1) is 11.5. The summed E-state index contributed by atoms with van der Waals surface area (Å²) >= 11 is 0. The monoisotopic (exact) mass is 406 g/mol. The normalized spacial score (nSPS) is 11.1. The summed E-state index contributed by atoms with van der Waals surface area (Å²) in [6.45, 7) is 2.25. The number of rotatable bonds is 17. The van der Waals surface area contributed by atoms with E-state index in [0.29, 0.717) is 6.42 Å². The largest absolute Gasteiger partial charge is 2.00 e. The minimum absolute atomic E-state index is 0. The van der Waals surface area contributed by atoms with Crippen LogP contribution in [0.2, 0.25) is 0 Å². The summed E-state index contributed by atoms with van der Waals surface area (Å²) in [4.78, 5) is 11.0. The van der Waals surface area contributed by atoms with Gasteiger partial charge in [-0.3, -0.25) is 9.35 Å². The fourth-order valence-corrected chi connectivity index (χ4v) is 3.12. The summed E-state index contributed by atoms with van der Waals surface area (Å²) in [5.74, 6) is -0.882. The van der Waals surface area contributed by atoms with Gasteiger partial charge in [-0.25, -0.2) is 0 Å². The maximum atomic E-state index is 11.0. The van der Waals surface area contributed by atoms with Gasteiger partial charge in [0, 0.05) is 6.42 Å². The predicted octanol–water partition coefficient (Wildman–Crippen LogP) is 5.44. The predicted molar refractivity (Wildman–Crippen MR) is 105 cm³/mol. The first kappa shape index (κ1) is 27.9. The van der Waals surface area contributed by atoms with Gasteiger partial charge >= 0.3 is 54.1 Å². The number of hydrogen-bond donors (Lipinski definition) is 1. The SMILES string of the molecule is CCCCCCCCCCCCCCCCCC(=O)OS(=O)(=O)O.[Ca+2].[H-].[H-]. The summed E-state index contributed by atoms with van der Waals surface area (Å²) in [6.07, 6.45) is 18.5. The zero-order valence-corrected chi connectivity index (χ0v) is 19.0. The molecule has 0 unspecified atom stereocenters. The van der Waals surface area contributed by atoms with Gasteiger partial charge in [-0.2, -0.15) is 8.42 Å². The molecule has 0 saturated heterocycles. The molecule has 0 aliphatic heterocycles. The van der Waals surface area contributed by atoms with Gasteiger partial charge in [0.1, 0.15) is 0 Å². The third-order valence-corrected chi connectivity index (χ3v) is 4.58. The number of unbranched alkanes of at least 4 members (excludes halogenated alkanes) is 14. The molecular formula is C18H38CaO5S. The Kier molecular flexibility index (Phi) is 21.6. The molecule has 7 heteroatoms. The van der Waals surface area contributed by atoms with Crippen molar-refractivity contribution in [2.45, 2.75) is 110 Å².